The van der Waals surface area contributed by atoms with E-state index in [0.717, 1.165) is 28.1 Å². The number of amides is 1. The van der Waals surface area contributed by atoms with Crippen LogP contribution in [-0.4, -0.2) is 23.1 Å². The molecule has 1 amide bonds. The highest BCUT2D eigenvalue weighted by Gasteiger charge is 2.35. The summed E-state index contributed by atoms with van der Waals surface area (Å²) in [7, 11) is 0. The van der Waals surface area contributed by atoms with Crippen molar-refractivity contribution in [1.29, 1.82) is 0 Å². The minimum Gasteiger partial charge on any atom is -0.292 e. The molecule has 0 saturated heterocycles. The van der Waals surface area contributed by atoms with E-state index < -0.39 is 0 Å². The summed E-state index contributed by atoms with van der Waals surface area (Å²) in [6.07, 6.45) is 0.319. The first-order valence-electron chi connectivity index (χ1n) is 9.41. The Bertz CT molecular complexity index is 1230. The maximum absolute atomic E-state index is 13.2. The van der Waals surface area contributed by atoms with E-state index >= 15 is 0 Å². The first kappa shape index (κ1) is 17.3. The number of hydrogen-bond donors (Lipinski definition) is 0. The molecular weight excluding hydrogens is 362 g/mol. The van der Waals surface area contributed by atoms with Crippen molar-refractivity contribution >= 4 is 34.5 Å². The van der Waals surface area contributed by atoms with E-state index in [9.17, 15) is 9.59 Å². The third-order valence-electron chi connectivity index (χ3n) is 5.21. The molecule has 0 atom stereocenters. The first-order chi connectivity index (χ1) is 14.1. The number of carbonyl (C=O) groups excluding carboxylic acids is 2. The van der Waals surface area contributed by atoms with Crippen LogP contribution in [0, 0.1) is 6.92 Å². The smallest absolute Gasteiger partial charge is 0.284 e. The van der Waals surface area contributed by atoms with Gasteiger partial charge >= 0.3 is 0 Å². The van der Waals surface area contributed by atoms with Crippen LogP contribution >= 0.6 is 0 Å². The predicted octanol–water partition coefficient (Wildman–Crippen LogP) is 3.99. The maximum atomic E-state index is 13.2. The highest BCUT2D eigenvalue weighted by Crippen LogP contribution is 2.35. The summed E-state index contributed by atoms with van der Waals surface area (Å²) in [5, 5.41) is 8.53. The molecule has 0 unspecified atom stereocenters. The molecule has 1 heterocycles. The Labute approximate surface area is 168 Å². The van der Waals surface area contributed by atoms with E-state index in [-0.39, 0.29) is 17.4 Å². The number of carbonyl (C=O) groups is 2. The number of para-hydroxylation sites is 2. The van der Waals surface area contributed by atoms with Gasteiger partial charge in [-0.3, -0.25) is 14.5 Å². The third-order valence-corrected chi connectivity index (χ3v) is 5.21. The zero-order chi connectivity index (χ0) is 20.0. The summed E-state index contributed by atoms with van der Waals surface area (Å²) < 4.78 is 0. The molecule has 140 valence electrons. The number of benzene rings is 3. The Hall–Kier alpha value is -3.86. The van der Waals surface area contributed by atoms with Gasteiger partial charge < -0.3 is 0 Å². The molecule has 0 N–H and O–H groups in total. The summed E-state index contributed by atoms with van der Waals surface area (Å²) in [5.41, 5.74) is 5.60. The highest BCUT2D eigenvalue weighted by molar-refractivity contribution is 6.56. The molecule has 1 aliphatic carbocycles. The quantitative estimate of drug-likeness (QED) is 0.632. The minimum absolute atomic E-state index is 0.0754. The Kier molecular flexibility index (Phi) is 3.95. The Morgan fingerprint density at radius 1 is 0.793 bits per heavy atom. The fourth-order valence-electron chi connectivity index (χ4n) is 3.81. The summed E-state index contributed by atoms with van der Waals surface area (Å²) >= 11 is 0. The normalized spacial score (nSPS) is 17.9. The largest absolute Gasteiger partial charge is 0.292 e. The van der Waals surface area contributed by atoms with Gasteiger partial charge in [0.2, 0.25) is 0 Å². The van der Waals surface area contributed by atoms with Crippen LogP contribution in [-0.2, 0) is 16.0 Å². The van der Waals surface area contributed by atoms with Crippen LogP contribution in [0.15, 0.2) is 83.0 Å². The topological polar surface area (TPSA) is 62.1 Å². The molecule has 0 saturated carbocycles. The molecule has 0 spiro atoms. The van der Waals surface area contributed by atoms with Crippen molar-refractivity contribution in [2.75, 3.05) is 4.90 Å². The van der Waals surface area contributed by atoms with Gasteiger partial charge in [-0.05, 0) is 36.8 Å². The van der Waals surface area contributed by atoms with Crippen molar-refractivity contribution in [3.05, 3.63) is 95.1 Å². The van der Waals surface area contributed by atoms with Gasteiger partial charge in [-0.15, -0.1) is 10.2 Å². The van der Waals surface area contributed by atoms with Crippen LogP contribution in [0.5, 0.6) is 0 Å². The zero-order valence-corrected chi connectivity index (χ0v) is 15.8. The SMILES string of the molecule is Cc1ccc2c(c1)/C(=N/N=C1\C(=O)N(c3ccccc3)c3ccccc31)C(=O)C2. The summed E-state index contributed by atoms with van der Waals surface area (Å²) in [4.78, 5) is 27.3. The summed E-state index contributed by atoms with van der Waals surface area (Å²) in [5.74, 6) is -0.328. The molecular formula is C24H17N3O2. The van der Waals surface area contributed by atoms with Crippen molar-refractivity contribution in [2.24, 2.45) is 10.2 Å². The number of ketones is 1. The standard InChI is InChI=1S/C24H17N3O2/c1-15-11-12-16-14-21(28)22(19(16)13-15)25-26-23-18-9-5-6-10-20(18)27(24(23)29)17-7-3-2-4-8-17/h2-13H,14H2,1H3/b25-22-,26-23-. The van der Waals surface area contributed by atoms with E-state index in [1.807, 2.05) is 79.7 Å². The average molecular weight is 379 g/mol. The Morgan fingerprint density at radius 3 is 2.34 bits per heavy atom. The molecule has 5 nitrogen and oxygen atoms in total. The highest BCUT2D eigenvalue weighted by atomic mass is 16.2. The summed E-state index contributed by atoms with van der Waals surface area (Å²) in [6, 6.07) is 22.8. The lowest BCUT2D eigenvalue weighted by molar-refractivity contribution is -0.112. The van der Waals surface area contributed by atoms with Gasteiger partial charge in [0.1, 0.15) is 5.71 Å². The van der Waals surface area contributed by atoms with E-state index in [1.54, 1.807) is 4.90 Å². The van der Waals surface area contributed by atoms with E-state index in [1.165, 1.54) is 0 Å². The molecule has 1 aliphatic heterocycles. The van der Waals surface area contributed by atoms with Gasteiger partial charge in [-0.1, -0.05) is 54.1 Å². The number of anilines is 2. The molecule has 3 aromatic rings. The second-order valence-electron chi connectivity index (χ2n) is 7.15. The number of nitrogens with zero attached hydrogens (tertiary/aromatic N) is 3. The van der Waals surface area contributed by atoms with Crippen molar-refractivity contribution in [3.8, 4) is 0 Å². The van der Waals surface area contributed by atoms with Crippen LogP contribution in [0.25, 0.3) is 0 Å². The van der Waals surface area contributed by atoms with E-state index in [2.05, 4.69) is 10.2 Å². The van der Waals surface area contributed by atoms with Gasteiger partial charge in [-0.25, -0.2) is 0 Å². The maximum Gasteiger partial charge on any atom is 0.284 e. The number of fused-ring (bicyclic) bond motifs is 2. The van der Waals surface area contributed by atoms with Crippen LogP contribution in [0.3, 0.4) is 0 Å². The number of aryl methyl sites for hydroxylation is 1. The fraction of sp³-hybridized carbons (Fsp3) is 0.0833. The van der Waals surface area contributed by atoms with Gasteiger partial charge in [0.25, 0.3) is 5.91 Å². The second-order valence-corrected chi connectivity index (χ2v) is 7.15. The number of rotatable bonds is 2. The minimum atomic E-state index is -0.253. The van der Waals surface area contributed by atoms with Crippen molar-refractivity contribution in [3.63, 3.8) is 0 Å². The Morgan fingerprint density at radius 2 is 1.52 bits per heavy atom. The van der Waals surface area contributed by atoms with Crippen LogP contribution in [0.1, 0.15) is 22.3 Å². The third kappa shape index (κ3) is 2.79. The van der Waals surface area contributed by atoms with E-state index in [0.29, 0.717) is 17.7 Å². The summed E-state index contributed by atoms with van der Waals surface area (Å²) in [6.45, 7) is 1.97. The van der Waals surface area contributed by atoms with Gasteiger partial charge in [-0.2, -0.15) is 0 Å². The molecule has 0 fully saturated rings. The van der Waals surface area contributed by atoms with Gasteiger partial charge in [0, 0.05) is 23.2 Å². The molecule has 0 aromatic heterocycles. The monoisotopic (exact) mass is 379 g/mol. The van der Waals surface area contributed by atoms with Crippen molar-refractivity contribution in [1.82, 2.24) is 0 Å². The molecule has 0 radical (unpaired) electrons. The fourth-order valence-corrected chi connectivity index (χ4v) is 3.81. The Balaban J connectivity index is 1.61. The van der Waals surface area contributed by atoms with Gasteiger partial charge in [0.15, 0.2) is 11.5 Å². The van der Waals surface area contributed by atoms with E-state index in [4.69, 9.17) is 0 Å². The van der Waals surface area contributed by atoms with Crippen molar-refractivity contribution in [2.45, 2.75) is 13.3 Å². The van der Waals surface area contributed by atoms with Gasteiger partial charge in [0.05, 0.1) is 5.69 Å². The molecule has 0 bridgehead atoms. The zero-order valence-electron chi connectivity index (χ0n) is 15.8. The first-order valence-corrected chi connectivity index (χ1v) is 9.41. The van der Waals surface area contributed by atoms with Crippen LogP contribution in [0.2, 0.25) is 0 Å². The number of hydrogen-bond acceptors (Lipinski definition) is 4. The molecule has 29 heavy (non-hydrogen) atoms. The molecule has 5 heteroatoms. The molecule has 5 rings (SSSR count). The van der Waals surface area contributed by atoms with Crippen LogP contribution in [0.4, 0.5) is 11.4 Å². The molecule has 3 aromatic carbocycles. The number of Topliss-reactive ketones (excluding diaryl/α,β-unsaturated/α-hetero) is 1. The second kappa shape index (κ2) is 6.63. The lowest BCUT2D eigenvalue weighted by Crippen LogP contribution is -2.25. The lowest BCUT2D eigenvalue weighted by atomic mass is 10.1. The average Bonchev–Trinajstić information content (AvgIpc) is 3.19. The van der Waals surface area contributed by atoms with Crippen LogP contribution < -0.4 is 4.90 Å². The molecule has 2 aliphatic rings. The van der Waals surface area contributed by atoms with Crippen molar-refractivity contribution < 1.29 is 9.59 Å². The predicted molar refractivity (Wildman–Crippen MR) is 113 cm³/mol. The lowest BCUT2D eigenvalue weighted by Gasteiger charge is -2.16.